The number of carbonyl (C=O) groups is 5. The predicted molar refractivity (Wildman–Crippen MR) is 111 cm³/mol. The predicted octanol–water partition coefficient (Wildman–Crippen LogP) is -0.182. The maximum absolute atomic E-state index is 13.7. The number of aliphatic hydroxyl groups is 1. The number of Topliss-reactive ketones (excluding diaryl/α,β-unsaturated/α-hetero) is 4. The number of carbonyl (C=O) groups excluding carboxylic acids is 5. The van der Waals surface area contributed by atoms with Crippen LogP contribution in [0.15, 0.2) is 18.2 Å². The van der Waals surface area contributed by atoms with E-state index in [1.165, 1.54) is 11.0 Å². The summed E-state index contributed by atoms with van der Waals surface area (Å²) in [6, 6.07) is 3.61. The maximum Gasteiger partial charge on any atom is 0.235 e. The number of benzene rings is 1. The third-order valence-electron chi connectivity index (χ3n) is 7.54. The van der Waals surface area contributed by atoms with E-state index in [1.54, 1.807) is 26.2 Å². The minimum Gasteiger partial charge on any atom is -0.507 e. The smallest absolute Gasteiger partial charge is 0.235 e. The average Bonchev–Trinajstić information content (AvgIpc) is 2.70. The number of rotatable bonds is 3. The number of primary amides is 1. The van der Waals surface area contributed by atoms with Crippen LogP contribution in [-0.2, 0) is 19.2 Å². The number of nitrogens with zero attached hydrogens (tertiary/aromatic N) is 1. The highest BCUT2D eigenvalue weighted by Crippen LogP contribution is 2.55. The van der Waals surface area contributed by atoms with Crippen LogP contribution in [0.3, 0.4) is 0 Å². The Morgan fingerprint density at radius 1 is 1.19 bits per heavy atom. The third-order valence-corrected chi connectivity index (χ3v) is 7.54. The summed E-state index contributed by atoms with van der Waals surface area (Å²) < 4.78 is 0. The van der Waals surface area contributed by atoms with Gasteiger partial charge in [-0.1, -0.05) is 19.1 Å². The number of hydrogen-bond donors (Lipinski definition) is 3. The molecule has 2 saturated carbocycles. The van der Waals surface area contributed by atoms with Crippen molar-refractivity contribution in [3.63, 3.8) is 0 Å². The van der Waals surface area contributed by atoms with E-state index in [2.05, 4.69) is 0 Å². The number of aromatic hydroxyl groups is 1. The van der Waals surface area contributed by atoms with Crippen molar-refractivity contribution in [2.45, 2.75) is 37.3 Å². The van der Waals surface area contributed by atoms with E-state index in [9.17, 15) is 34.2 Å². The van der Waals surface area contributed by atoms with Gasteiger partial charge in [0.05, 0.1) is 17.5 Å². The second kappa shape index (κ2) is 7.31. The van der Waals surface area contributed by atoms with Crippen LogP contribution >= 0.6 is 0 Å². The SMILES string of the molecule is CC[C@H]1c2cccc(O)c2C(=O)C2C(=O)[C@]3(O)C(=O)C(C(N)=O)C(=O)[C@@H](N(C)C)[C@@H]3C[C@@H]21. The molecule has 0 spiro atoms. The van der Waals surface area contributed by atoms with Gasteiger partial charge < -0.3 is 15.9 Å². The molecule has 32 heavy (non-hydrogen) atoms. The molecule has 170 valence electrons. The number of amides is 1. The zero-order valence-electron chi connectivity index (χ0n) is 18.1. The minimum absolute atomic E-state index is 0.0194. The highest BCUT2D eigenvalue weighted by Gasteiger charge is 2.70. The van der Waals surface area contributed by atoms with E-state index in [4.69, 9.17) is 5.73 Å². The molecule has 1 aromatic rings. The number of phenolic OH excluding ortho intramolecular Hbond substituents is 1. The minimum atomic E-state index is -2.69. The monoisotopic (exact) mass is 442 g/mol. The summed E-state index contributed by atoms with van der Waals surface area (Å²) >= 11 is 0. The van der Waals surface area contributed by atoms with Crippen LogP contribution in [-0.4, -0.2) is 69.9 Å². The fraction of sp³-hybridized carbons (Fsp3) is 0.522. The topological polar surface area (TPSA) is 155 Å². The van der Waals surface area contributed by atoms with Gasteiger partial charge in [-0.3, -0.25) is 28.9 Å². The molecule has 3 aliphatic carbocycles. The maximum atomic E-state index is 13.7. The fourth-order valence-electron chi connectivity index (χ4n) is 6.23. The zero-order valence-corrected chi connectivity index (χ0v) is 18.1. The van der Waals surface area contributed by atoms with Crippen LogP contribution in [0.4, 0.5) is 0 Å². The zero-order chi connectivity index (χ0) is 23.7. The van der Waals surface area contributed by atoms with Gasteiger partial charge in [-0.25, -0.2) is 0 Å². The van der Waals surface area contributed by atoms with Crippen molar-refractivity contribution in [1.82, 2.24) is 4.90 Å². The summed E-state index contributed by atoms with van der Waals surface area (Å²) in [5, 5.41) is 21.9. The van der Waals surface area contributed by atoms with Crippen molar-refractivity contribution in [2.24, 2.45) is 29.4 Å². The van der Waals surface area contributed by atoms with Gasteiger partial charge in [0.2, 0.25) is 5.91 Å². The van der Waals surface area contributed by atoms with Crippen LogP contribution in [0.2, 0.25) is 0 Å². The van der Waals surface area contributed by atoms with Crippen LogP contribution in [0, 0.1) is 23.7 Å². The Bertz CT molecular complexity index is 1060. The molecule has 4 N–H and O–H groups in total. The number of ketones is 4. The van der Waals surface area contributed by atoms with Gasteiger partial charge in [0.15, 0.2) is 34.7 Å². The van der Waals surface area contributed by atoms with Crippen molar-refractivity contribution in [2.75, 3.05) is 14.1 Å². The summed E-state index contributed by atoms with van der Waals surface area (Å²) in [6.45, 7) is 1.89. The first kappa shape index (κ1) is 22.3. The van der Waals surface area contributed by atoms with Gasteiger partial charge in [-0.05, 0) is 50.4 Å². The largest absolute Gasteiger partial charge is 0.507 e. The molecule has 7 atom stereocenters. The third kappa shape index (κ3) is 2.67. The van der Waals surface area contributed by atoms with E-state index >= 15 is 0 Å². The lowest BCUT2D eigenvalue weighted by atomic mass is 9.50. The van der Waals surface area contributed by atoms with E-state index in [1.807, 2.05) is 6.92 Å². The summed E-state index contributed by atoms with van der Waals surface area (Å²) in [6.07, 6.45) is 0.597. The van der Waals surface area contributed by atoms with Gasteiger partial charge in [-0.15, -0.1) is 0 Å². The van der Waals surface area contributed by atoms with Crippen LogP contribution < -0.4 is 5.73 Å². The lowest BCUT2D eigenvalue weighted by molar-refractivity contribution is -0.182. The molecule has 0 aromatic heterocycles. The molecular formula is C23H26N2O7. The van der Waals surface area contributed by atoms with Gasteiger partial charge in [0, 0.05) is 5.92 Å². The first-order valence-electron chi connectivity index (χ1n) is 10.6. The summed E-state index contributed by atoms with van der Waals surface area (Å²) in [7, 11) is 3.12. The molecule has 1 amide bonds. The summed E-state index contributed by atoms with van der Waals surface area (Å²) in [5.74, 6) is -10.5. The Kier molecular flexibility index (Phi) is 5.09. The number of phenols is 1. The molecule has 1 aromatic carbocycles. The Morgan fingerprint density at radius 3 is 2.41 bits per heavy atom. The number of fused-ring (bicyclic) bond motifs is 3. The Hall–Kier alpha value is -2.91. The molecule has 9 heteroatoms. The molecule has 0 saturated heterocycles. The van der Waals surface area contributed by atoms with Crippen LogP contribution in [0.1, 0.15) is 41.6 Å². The summed E-state index contributed by atoms with van der Waals surface area (Å²) in [4.78, 5) is 66.8. The quantitative estimate of drug-likeness (QED) is 0.545. The van der Waals surface area contributed by atoms with E-state index in [-0.39, 0.29) is 23.7 Å². The molecule has 0 radical (unpaired) electrons. The molecule has 0 aliphatic heterocycles. The van der Waals surface area contributed by atoms with Gasteiger partial charge >= 0.3 is 0 Å². The molecule has 2 unspecified atom stereocenters. The standard InChI is InChI=1S/C23H26N2O7/c1-4-9-10-6-5-7-13(26)14(10)18(27)15-11(9)8-12-17(25(2)3)19(28)16(22(24)31)21(30)23(12,32)20(15)29/h5-7,9,11-12,15-17,26,32H,4,8H2,1-3H3,(H2,24,31)/t9-,11+,12-,15?,16?,17-,23-/m0/s1. The van der Waals surface area contributed by atoms with Crippen molar-refractivity contribution in [1.29, 1.82) is 0 Å². The second-order valence-corrected chi connectivity index (χ2v) is 9.25. The van der Waals surface area contributed by atoms with E-state index in [0.717, 1.165) is 0 Å². The first-order chi connectivity index (χ1) is 15.0. The van der Waals surface area contributed by atoms with Gasteiger partial charge in [0.25, 0.3) is 0 Å². The van der Waals surface area contributed by atoms with Crippen molar-refractivity contribution < 1.29 is 34.2 Å². The molecule has 9 nitrogen and oxygen atoms in total. The lowest BCUT2D eigenvalue weighted by Gasteiger charge is -2.54. The highest BCUT2D eigenvalue weighted by atomic mass is 16.3. The molecule has 2 fully saturated rings. The van der Waals surface area contributed by atoms with Crippen molar-refractivity contribution in [3.8, 4) is 5.75 Å². The molecule has 3 aliphatic rings. The summed E-state index contributed by atoms with van der Waals surface area (Å²) in [5.41, 5.74) is 3.24. The molecule has 0 heterocycles. The molecular weight excluding hydrogens is 416 g/mol. The Balaban J connectivity index is 1.92. The second-order valence-electron chi connectivity index (χ2n) is 9.25. The van der Waals surface area contributed by atoms with Crippen LogP contribution in [0.5, 0.6) is 5.75 Å². The van der Waals surface area contributed by atoms with Gasteiger partial charge in [0.1, 0.15) is 5.75 Å². The lowest BCUT2D eigenvalue weighted by Crippen LogP contribution is -2.74. The molecule has 4 rings (SSSR count). The molecule has 0 bridgehead atoms. The van der Waals surface area contributed by atoms with Crippen LogP contribution in [0.25, 0.3) is 0 Å². The highest BCUT2D eigenvalue weighted by molar-refractivity contribution is 6.32. The fourth-order valence-corrected chi connectivity index (χ4v) is 6.23. The Labute approximate surface area is 184 Å². The van der Waals surface area contributed by atoms with E-state index < -0.39 is 64.4 Å². The van der Waals surface area contributed by atoms with Gasteiger partial charge in [-0.2, -0.15) is 0 Å². The normalized spacial score (nSPS) is 36.5. The Morgan fingerprint density at radius 2 is 1.84 bits per heavy atom. The van der Waals surface area contributed by atoms with E-state index in [0.29, 0.717) is 12.0 Å². The number of nitrogens with two attached hydrogens (primary N) is 1. The number of hydrogen-bond acceptors (Lipinski definition) is 8. The van der Waals surface area contributed by atoms with Crippen molar-refractivity contribution in [3.05, 3.63) is 29.3 Å². The van der Waals surface area contributed by atoms with Crippen molar-refractivity contribution >= 4 is 29.0 Å². The average molecular weight is 442 g/mol. The first-order valence-corrected chi connectivity index (χ1v) is 10.6. The number of likely N-dealkylation sites (N-methyl/N-ethyl adjacent to an activating group) is 1.